The zero-order valence-corrected chi connectivity index (χ0v) is 21.6. The van der Waals surface area contributed by atoms with Crippen LogP contribution in [0.2, 0.25) is 5.02 Å². The molecule has 3 aromatic rings. The van der Waals surface area contributed by atoms with E-state index >= 15 is 0 Å². The van der Waals surface area contributed by atoms with Gasteiger partial charge in [0.15, 0.2) is 0 Å². The van der Waals surface area contributed by atoms with Crippen LogP contribution in [0.5, 0.6) is 0 Å². The van der Waals surface area contributed by atoms with Crippen molar-refractivity contribution in [2.75, 3.05) is 6.54 Å². The van der Waals surface area contributed by atoms with Crippen LogP contribution < -0.4 is 4.72 Å². The van der Waals surface area contributed by atoms with Crippen LogP contribution in [0, 0.1) is 0 Å². The molecule has 5 nitrogen and oxygen atoms in total. The van der Waals surface area contributed by atoms with E-state index in [4.69, 9.17) is 28.9 Å². The average Bonchev–Trinajstić information content (AvgIpc) is 3.25. The Bertz CT molecular complexity index is 1320. The molecule has 1 atom stereocenters. The Morgan fingerprint density at radius 1 is 1.00 bits per heavy atom. The summed E-state index contributed by atoms with van der Waals surface area (Å²) >= 11 is 11.5. The molecule has 0 saturated heterocycles. The molecule has 0 aliphatic carbocycles. The maximum absolute atomic E-state index is 13.0. The van der Waals surface area contributed by atoms with Crippen molar-refractivity contribution < 1.29 is 8.42 Å². The van der Waals surface area contributed by atoms with E-state index in [1.165, 1.54) is 5.01 Å². The molecule has 0 saturated carbocycles. The lowest BCUT2D eigenvalue weighted by molar-refractivity contribution is 0.472. The lowest BCUT2D eigenvalue weighted by Gasteiger charge is -2.20. The molecule has 4 rings (SSSR count). The van der Waals surface area contributed by atoms with Gasteiger partial charge in [-0.15, -0.1) is 0 Å². The molecular formula is C26H26ClN3O2S2. The lowest BCUT2D eigenvalue weighted by Crippen LogP contribution is -2.39. The van der Waals surface area contributed by atoms with Crippen molar-refractivity contribution in [1.82, 2.24) is 9.73 Å². The number of hydrazone groups is 1. The third kappa shape index (κ3) is 5.32. The van der Waals surface area contributed by atoms with E-state index in [-0.39, 0.29) is 21.3 Å². The molecule has 0 amide bonds. The smallest absolute Gasteiger partial charge is 0.254 e. The third-order valence-electron chi connectivity index (χ3n) is 5.74. The molecule has 1 aliphatic heterocycles. The van der Waals surface area contributed by atoms with Crippen LogP contribution in [-0.4, -0.2) is 30.8 Å². The van der Waals surface area contributed by atoms with Crippen molar-refractivity contribution in [2.24, 2.45) is 5.10 Å². The van der Waals surface area contributed by atoms with Gasteiger partial charge in [0.2, 0.25) is 5.11 Å². The fourth-order valence-corrected chi connectivity index (χ4v) is 5.34. The van der Waals surface area contributed by atoms with Gasteiger partial charge in [0, 0.05) is 10.9 Å². The second kappa shape index (κ2) is 9.49. The predicted molar refractivity (Wildman–Crippen MR) is 142 cm³/mol. The summed E-state index contributed by atoms with van der Waals surface area (Å²) in [4.78, 5) is 0.156. The second-order valence-corrected chi connectivity index (χ2v) is 11.7. The number of sulfonamides is 1. The molecule has 0 fully saturated rings. The van der Waals surface area contributed by atoms with Crippen LogP contribution in [0.15, 0.2) is 88.9 Å². The first kappa shape index (κ1) is 24.4. The Labute approximate surface area is 211 Å². The van der Waals surface area contributed by atoms with E-state index in [2.05, 4.69) is 25.5 Å². The Morgan fingerprint density at radius 3 is 2.21 bits per heavy atom. The largest absolute Gasteiger partial charge is 0.263 e. The molecule has 0 bridgehead atoms. The number of hydrogen-bond acceptors (Lipinski definition) is 4. The minimum Gasteiger partial charge on any atom is -0.254 e. The van der Waals surface area contributed by atoms with Crippen molar-refractivity contribution >= 4 is 44.7 Å². The Kier molecular flexibility index (Phi) is 6.80. The highest BCUT2D eigenvalue weighted by Gasteiger charge is 2.32. The summed E-state index contributed by atoms with van der Waals surface area (Å²) in [5.74, 6) is -0.0732. The van der Waals surface area contributed by atoms with E-state index in [1.807, 2.05) is 66.7 Å². The van der Waals surface area contributed by atoms with Crippen LogP contribution in [0.1, 0.15) is 43.4 Å². The summed E-state index contributed by atoms with van der Waals surface area (Å²) < 4.78 is 28.6. The van der Waals surface area contributed by atoms with Crippen molar-refractivity contribution in [3.63, 3.8) is 0 Å². The van der Waals surface area contributed by atoms with Crippen LogP contribution in [0.4, 0.5) is 0 Å². The number of nitrogens with zero attached hydrogens (tertiary/aromatic N) is 2. The first-order chi connectivity index (χ1) is 16.0. The number of hydrogen-bond donors (Lipinski definition) is 1. The molecule has 1 N–H and O–H groups in total. The van der Waals surface area contributed by atoms with Gasteiger partial charge >= 0.3 is 0 Å². The summed E-state index contributed by atoms with van der Waals surface area (Å²) in [5, 5.41) is 6.92. The first-order valence-corrected chi connectivity index (χ1v) is 13.2. The fraction of sp³-hybridized carbons (Fsp3) is 0.231. The molecule has 1 aliphatic rings. The van der Waals surface area contributed by atoms with Gasteiger partial charge in [-0.3, -0.25) is 4.72 Å². The number of rotatable bonds is 4. The van der Waals surface area contributed by atoms with Crippen molar-refractivity contribution in [3.05, 3.63) is 101 Å². The van der Waals surface area contributed by atoms with Crippen LogP contribution in [-0.2, 0) is 15.4 Å². The minimum absolute atomic E-state index is 0.0322. The SMILES string of the molecule is CC(C)(C)c1ccc(S(=O)(=O)NC(=S)N2CC(c3ccccc3)C(c3ccc(Cl)cc3)=N2)cc1. The quantitative estimate of drug-likeness (QED) is 0.456. The number of halogens is 1. The molecule has 1 heterocycles. The zero-order valence-electron chi connectivity index (χ0n) is 19.2. The van der Waals surface area contributed by atoms with Crippen molar-refractivity contribution in [1.29, 1.82) is 0 Å². The molecule has 176 valence electrons. The highest BCUT2D eigenvalue weighted by atomic mass is 35.5. The molecule has 3 aromatic carbocycles. The lowest BCUT2D eigenvalue weighted by atomic mass is 9.87. The van der Waals surface area contributed by atoms with Gasteiger partial charge in [-0.2, -0.15) is 5.10 Å². The molecule has 34 heavy (non-hydrogen) atoms. The molecule has 1 unspecified atom stereocenters. The molecule has 0 spiro atoms. The van der Waals surface area contributed by atoms with Crippen LogP contribution in [0.25, 0.3) is 0 Å². The van der Waals surface area contributed by atoms with E-state index in [0.717, 1.165) is 22.4 Å². The van der Waals surface area contributed by atoms with Crippen LogP contribution in [0.3, 0.4) is 0 Å². The zero-order chi connectivity index (χ0) is 24.5. The predicted octanol–water partition coefficient (Wildman–Crippen LogP) is 5.70. The van der Waals surface area contributed by atoms with E-state index in [1.54, 1.807) is 12.1 Å². The van der Waals surface area contributed by atoms with Crippen molar-refractivity contribution in [3.8, 4) is 0 Å². The van der Waals surface area contributed by atoms with E-state index in [9.17, 15) is 8.42 Å². The maximum atomic E-state index is 13.0. The highest BCUT2D eigenvalue weighted by molar-refractivity contribution is 7.91. The standard InChI is InChI=1S/C26H26ClN3O2S2/c1-26(2,3)20-11-15-22(16-12-20)34(31,32)29-25(33)30-17-23(18-7-5-4-6-8-18)24(28-30)19-9-13-21(27)14-10-19/h4-16,23H,17H2,1-3H3,(H,29,33). The van der Waals surface area contributed by atoms with Gasteiger partial charge in [0.25, 0.3) is 10.0 Å². The van der Waals surface area contributed by atoms with Gasteiger partial charge in [-0.25, -0.2) is 13.4 Å². The van der Waals surface area contributed by atoms with Gasteiger partial charge < -0.3 is 0 Å². The monoisotopic (exact) mass is 511 g/mol. The normalized spacial score (nSPS) is 16.3. The summed E-state index contributed by atoms with van der Waals surface area (Å²) in [7, 11) is -3.85. The Hall–Kier alpha value is -2.74. The topological polar surface area (TPSA) is 61.8 Å². The third-order valence-corrected chi connectivity index (χ3v) is 7.79. The minimum atomic E-state index is -3.85. The molecular weight excluding hydrogens is 486 g/mol. The van der Waals surface area contributed by atoms with Gasteiger partial charge in [0.05, 0.1) is 17.2 Å². The van der Waals surface area contributed by atoms with E-state index in [0.29, 0.717) is 11.6 Å². The molecule has 0 aromatic heterocycles. The van der Waals surface area contributed by atoms with Gasteiger partial charge in [0.1, 0.15) is 0 Å². The number of thiocarbonyl (C=S) groups is 1. The highest BCUT2D eigenvalue weighted by Crippen LogP contribution is 2.30. The number of nitrogens with one attached hydrogen (secondary N) is 1. The first-order valence-electron chi connectivity index (χ1n) is 10.9. The maximum Gasteiger partial charge on any atom is 0.263 e. The Balaban J connectivity index is 1.59. The Morgan fingerprint density at radius 2 is 1.62 bits per heavy atom. The second-order valence-electron chi connectivity index (χ2n) is 9.22. The fourth-order valence-electron chi connectivity index (χ4n) is 3.82. The van der Waals surface area contributed by atoms with Crippen molar-refractivity contribution in [2.45, 2.75) is 37.0 Å². The summed E-state index contributed by atoms with van der Waals surface area (Å²) in [6.45, 7) is 6.66. The number of benzene rings is 3. The van der Waals surface area contributed by atoms with Crippen LogP contribution >= 0.6 is 23.8 Å². The van der Waals surface area contributed by atoms with Gasteiger partial charge in [-0.1, -0.05) is 87.0 Å². The summed E-state index contributed by atoms with van der Waals surface area (Å²) in [6.07, 6.45) is 0. The van der Waals surface area contributed by atoms with Gasteiger partial charge in [-0.05, 0) is 58.6 Å². The summed E-state index contributed by atoms with van der Waals surface area (Å²) in [6, 6.07) is 24.3. The average molecular weight is 512 g/mol. The summed E-state index contributed by atoms with van der Waals surface area (Å²) in [5.41, 5.74) is 3.77. The molecule has 0 radical (unpaired) electrons. The van der Waals surface area contributed by atoms with E-state index < -0.39 is 10.0 Å². The molecule has 8 heteroatoms.